The molecule has 7 heteroatoms. The first-order chi connectivity index (χ1) is 14.6. The Hall–Kier alpha value is -3.71. The summed E-state index contributed by atoms with van der Waals surface area (Å²) < 4.78 is 7.02. The van der Waals surface area contributed by atoms with Crippen molar-refractivity contribution in [1.82, 2.24) is 19.8 Å². The molecule has 1 amide bonds. The van der Waals surface area contributed by atoms with Crippen LogP contribution >= 0.6 is 0 Å². The Bertz CT molecular complexity index is 1030. The Balaban J connectivity index is 1.70. The topological polar surface area (TPSA) is 76.2 Å². The first-order valence-corrected chi connectivity index (χ1v) is 9.54. The van der Waals surface area contributed by atoms with E-state index >= 15 is 0 Å². The van der Waals surface area contributed by atoms with E-state index in [1.165, 1.54) is 0 Å². The fraction of sp³-hybridized carbons (Fsp3) is 0.174. The third kappa shape index (κ3) is 5.65. The van der Waals surface area contributed by atoms with Crippen LogP contribution in [0.1, 0.15) is 27.9 Å². The summed E-state index contributed by atoms with van der Waals surface area (Å²) in [5, 5.41) is 11.1. The van der Waals surface area contributed by atoms with Crippen LogP contribution in [-0.2, 0) is 0 Å². The zero-order valence-electron chi connectivity index (χ0n) is 17.1. The lowest BCUT2D eigenvalue weighted by molar-refractivity contribution is 0.101. The van der Waals surface area contributed by atoms with Crippen molar-refractivity contribution in [2.24, 2.45) is 0 Å². The summed E-state index contributed by atoms with van der Waals surface area (Å²) in [6.45, 7) is 4.37. The minimum Gasteiger partial charge on any atom is -0.356 e. The number of rotatable bonds is 9. The highest BCUT2D eigenvalue weighted by atomic mass is 16.5. The molecule has 0 saturated carbocycles. The number of carbonyl (C=O) groups is 1. The number of hydrogen-bond acceptors (Lipinski definition) is 5. The molecule has 1 atom stereocenters. The van der Waals surface area contributed by atoms with Crippen molar-refractivity contribution in [1.29, 1.82) is 0 Å². The van der Waals surface area contributed by atoms with Gasteiger partial charge < -0.3 is 14.7 Å². The summed E-state index contributed by atoms with van der Waals surface area (Å²) >= 11 is 0. The van der Waals surface area contributed by atoms with Crippen LogP contribution in [-0.4, -0.2) is 46.4 Å². The quantitative estimate of drug-likeness (QED) is 0.546. The molecule has 30 heavy (non-hydrogen) atoms. The van der Waals surface area contributed by atoms with Crippen molar-refractivity contribution in [2.45, 2.75) is 6.04 Å². The van der Waals surface area contributed by atoms with Gasteiger partial charge in [0.05, 0.1) is 17.9 Å². The van der Waals surface area contributed by atoms with Crippen molar-refractivity contribution >= 4 is 17.7 Å². The highest BCUT2D eigenvalue weighted by molar-refractivity contribution is 6.02. The Morgan fingerprint density at radius 2 is 2.07 bits per heavy atom. The van der Waals surface area contributed by atoms with Crippen LogP contribution in [0.3, 0.4) is 0 Å². The molecule has 1 N–H and O–H groups in total. The molecule has 0 radical (unpaired) electrons. The van der Waals surface area contributed by atoms with Crippen molar-refractivity contribution < 1.29 is 9.32 Å². The molecule has 0 fully saturated rings. The number of allylic oxidation sites excluding steroid dienone is 4. The monoisotopic (exact) mass is 403 g/mol. The maximum Gasteiger partial charge on any atom is 0.277 e. The van der Waals surface area contributed by atoms with E-state index in [0.717, 1.165) is 12.1 Å². The number of carbonyl (C=O) groups excluding carboxylic acids is 1. The highest BCUT2D eigenvalue weighted by Gasteiger charge is 2.17. The summed E-state index contributed by atoms with van der Waals surface area (Å²) in [5.74, 6) is 0.128. The SMILES string of the molecule is C=C/C=C\C=C\c1cc(C(=O)Nc2cnn(C(CN(C)C)c3ccccc3)c2)no1. The lowest BCUT2D eigenvalue weighted by Gasteiger charge is -2.22. The van der Waals surface area contributed by atoms with E-state index < -0.39 is 0 Å². The highest BCUT2D eigenvalue weighted by Crippen LogP contribution is 2.20. The molecule has 2 aromatic heterocycles. The van der Waals surface area contributed by atoms with Crippen LogP contribution in [0.25, 0.3) is 6.08 Å². The van der Waals surface area contributed by atoms with Crippen molar-refractivity contribution in [3.05, 3.63) is 96.7 Å². The van der Waals surface area contributed by atoms with Crippen LogP contribution in [0.4, 0.5) is 5.69 Å². The van der Waals surface area contributed by atoms with Gasteiger partial charge in [-0.05, 0) is 25.7 Å². The van der Waals surface area contributed by atoms with E-state index in [9.17, 15) is 4.79 Å². The number of amides is 1. The Morgan fingerprint density at radius 3 is 2.80 bits per heavy atom. The molecule has 2 heterocycles. The summed E-state index contributed by atoms with van der Waals surface area (Å²) in [6, 6.07) is 11.8. The number of likely N-dealkylation sites (N-methyl/N-ethyl adjacent to an activating group) is 1. The van der Waals surface area contributed by atoms with Gasteiger partial charge >= 0.3 is 0 Å². The first-order valence-electron chi connectivity index (χ1n) is 9.54. The third-order valence-corrected chi connectivity index (χ3v) is 4.28. The predicted octanol–water partition coefficient (Wildman–Crippen LogP) is 4.03. The van der Waals surface area contributed by atoms with Crippen molar-refractivity contribution in [3.63, 3.8) is 0 Å². The molecule has 1 unspecified atom stereocenters. The Labute approximate surface area is 176 Å². The molecular weight excluding hydrogens is 378 g/mol. The van der Waals surface area contributed by atoms with Gasteiger partial charge in [0.15, 0.2) is 11.5 Å². The summed E-state index contributed by atoms with van der Waals surface area (Å²) in [5.41, 5.74) is 1.93. The second kappa shape index (κ2) is 10.2. The fourth-order valence-electron chi connectivity index (χ4n) is 2.90. The Kier molecular flexibility index (Phi) is 7.13. The van der Waals surface area contributed by atoms with Crippen molar-refractivity contribution in [2.75, 3.05) is 26.0 Å². The minimum atomic E-state index is -0.358. The number of hydrogen-bond donors (Lipinski definition) is 1. The first kappa shape index (κ1) is 21.0. The van der Waals surface area contributed by atoms with Gasteiger partial charge in [0.1, 0.15) is 0 Å². The van der Waals surface area contributed by atoms with Gasteiger partial charge in [-0.1, -0.05) is 66.4 Å². The molecule has 3 aromatic rings. The standard InChI is InChI=1S/C23H25N5O2/c1-4-5-6-10-13-20-14-21(26-30-20)23(29)25-19-15-24-28(16-19)22(17-27(2)3)18-11-8-7-9-12-18/h4-16,22H,1,17H2,2-3H3,(H,25,29)/b6-5-,13-10+. The molecule has 0 spiro atoms. The molecular formula is C23H25N5O2. The lowest BCUT2D eigenvalue weighted by atomic mass is 10.1. The zero-order chi connectivity index (χ0) is 21.3. The van der Waals surface area contributed by atoms with E-state index in [1.807, 2.05) is 43.2 Å². The predicted molar refractivity (Wildman–Crippen MR) is 118 cm³/mol. The van der Waals surface area contributed by atoms with Crippen LogP contribution in [0.2, 0.25) is 0 Å². The van der Waals surface area contributed by atoms with Crippen LogP contribution < -0.4 is 5.32 Å². The molecule has 1 aromatic carbocycles. The largest absolute Gasteiger partial charge is 0.356 e. The number of aromatic nitrogens is 3. The van der Waals surface area contributed by atoms with Gasteiger partial charge in [-0.3, -0.25) is 9.48 Å². The van der Waals surface area contributed by atoms with Gasteiger partial charge in [0, 0.05) is 18.8 Å². The molecule has 0 saturated heterocycles. The summed E-state index contributed by atoms with van der Waals surface area (Å²) in [7, 11) is 4.04. The van der Waals surface area contributed by atoms with Gasteiger partial charge in [-0.2, -0.15) is 5.10 Å². The molecule has 3 rings (SSSR count). The smallest absolute Gasteiger partial charge is 0.277 e. The maximum absolute atomic E-state index is 12.5. The normalized spacial score (nSPS) is 12.6. The summed E-state index contributed by atoms with van der Waals surface area (Å²) in [4.78, 5) is 14.6. The van der Waals surface area contributed by atoms with E-state index in [0.29, 0.717) is 11.4 Å². The maximum atomic E-state index is 12.5. The molecule has 154 valence electrons. The molecule has 0 aliphatic carbocycles. The van der Waals surface area contributed by atoms with Gasteiger partial charge in [-0.25, -0.2) is 0 Å². The number of nitrogens with one attached hydrogen (secondary N) is 1. The average Bonchev–Trinajstić information content (AvgIpc) is 3.40. The molecule has 0 aliphatic heterocycles. The number of benzene rings is 1. The van der Waals surface area contributed by atoms with Crippen LogP contribution in [0, 0.1) is 0 Å². The van der Waals surface area contributed by atoms with Crippen LogP contribution in [0.15, 0.2) is 84.2 Å². The second-order valence-electron chi connectivity index (χ2n) is 6.95. The minimum absolute atomic E-state index is 0.0271. The fourth-order valence-corrected chi connectivity index (χ4v) is 2.90. The average molecular weight is 403 g/mol. The second-order valence-corrected chi connectivity index (χ2v) is 6.95. The van der Waals surface area contributed by atoms with Crippen molar-refractivity contribution in [3.8, 4) is 0 Å². The van der Waals surface area contributed by atoms with Crippen LogP contribution in [0.5, 0.6) is 0 Å². The van der Waals surface area contributed by atoms with Gasteiger partial charge in [-0.15, -0.1) is 0 Å². The number of nitrogens with zero attached hydrogens (tertiary/aromatic N) is 4. The molecule has 7 nitrogen and oxygen atoms in total. The zero-order valence-corrected chi connectivity index (χ0v) is 17.1. The Morgan fingerprint density at radius 1 is 1.27 bits per heavy atom. The van der Waals surface area contributed by atoms with Gasteiger partial charge in [0.2, 0.25) is 0 Å². The third-order valence-electron chi connectivity index (χ3n) is 4.28. The van der Waals surface area contributed by atoms with E-state index in [4.69, 9.17) is 4.52 Å². The summed E-state index contributed by atoms with van der Waals surface area (Å²) in [6.07, 6.45) is 12.2. The van der Waals surface area contributed by atoms with E-state index in [-0.39, 0.29) is 17.6 Å². The lowest BCUT2D eigenvalue weighted by Crippen LogP contribution is -2.25. The molecule has 0 bridgehead atoms. The van der Waals surface area contributed by atoms with Gasteiger partial charge in [0.25, 0.3) is 5.91 Å². The molecule has 0 aliphatic rings. The number of anilines is 1. The van der Waals surface area contributed by atoms with E-state index in [2.05, 4.69) is 39.2 Å². The van der Waals surface area contributed by atoms with E-state index in [1.54, 1.807) is 42.6 Å².